The number of carbonyl (C=O) groups is 2. The second-order valence-corrected chi connectivity index (χ2v) is 3.72. The molecule has 0 spiro atoms. The number of nitrogens with zero attached hydrogens (tertiary/aromatic N) is 3. The lowest BCUT2D eigenvalue weighted by molar-refractivity contribution is -0.126. The number of carbonyl (C=O) groups excluding carboxylic acids is 2. The highest BCUT2D eigenvalue weighted by atomic mass is 16.2. The summed E-state index contributed by atoms with van der Waals surface area (Å²) in [7, 11) is 1.30. The summed E-state index contributed by atoms with van der Waals surface area (Å²) in [5.74, 6) is -0.575. The van der Waals surface area contributed by atoms with Gasteiger partial charge in [0.15, 0.2) is 0 Å². The van der Waals surface area contributed by atoms with Crippen molar-refractivity contribution in [3.05, 3.63) is 35.4 Å². The maximum absolute atomic E-state index is 11.6. The molecular weight excluding hydrogens is 244 g/mol. The van der Waals surface area contributed by atoms with Crippen LogP contribution in [0.5, 0.6) is 0 Å². The summed E-state index contributed by atoms with van der Waals surface area (Å²) in [6.45, 7) is 0.146. The zero-order valence-corrected chi connectivity index (χ0v) is 10.4. The van der Waals surface area contributed by atoms with E-state index in [0.29, 0.717) is 11.1 Å². The monoisotopic (exact) mass is 256 g/mol. The summed E-state index contributed by atoms with van der Waals surface area (Å²) in [4.78, 5) is 23.8. The predicted octanol–water partition coefficient (Wildman–Crippen LogP) is 1.14. The summed E-state index contributed by atoms with van der Waals surface area (Å²) in [6.07, 6.45) is -0.349. The smallest absolute Gasteiger partial charge is 0.324 e. The molecule has 6 heteroatoms. The average Bonchev–Trinajstić information content (AvgIpc) is 2.44. The van der Waals surface area contributed by atoms with Gasteiger partial charge in [0.2, 0.25) is 5.91 Å². The molecule has 0 aromatic heterocycles. The van der Waals surface area contributed by atoms with Crippen molar-refractivity contribution in [1.29, 1.82) is 10.5 Å². The number of nitriles is 2. The van der Waals surface area contributed by atoms with Crippen molar-refractivity contribution in [3.8, 4) is 12.1 Å². The number of hydrogen-bond acceptors (Lipinski definition) is 4. The quantitative estimate of drug-likeness (QED) is 0.876. The molecule has 0 saturated heterocycles. The SMILES string of the molecule is CN(C(=O)CC#N)C(=O)NCc1ccccc1C#N. The van der Waals surface area contributed by atoms with E-state index in [1.54, 1.807) is 30.3 Å². The molecule has 0 aliphatic rings. The molecule has 0 bridgehead atoms. The van der Waals surface area contributed by atoms with E-state index in [4.69, 9.17) is 10.5 Å². The Morgan fingerprint density at radius 1 is 1.32 bits per heavy atom. The number of urea groups is 1. The molecule has 0 atom stereocenters. The van der Waals surface area contributed by atoms with E-state index in [-0.39, 0.29) is 13.0 Å². The summed E-state index contributed by atoms with van der Waals surface area (Å²) >= 11 is 0. The van der Waals surface area contributed by atoms with Crippen molar-refractivity contribution >= 4 is 11.9 Å². The van der Waals surface area contributed by atoms with Crippen molar-refractivity contribution in [3.63, 3.8) is 0 Å². The molecule has 3 amide bonds. The Balaban J connectivity index is 2.63. The second kappa shape index (κ2) is 6.77. The first-order valence-corrected chi connectivity index (χ1v) is 5.49. The third kappa shape index (κ3) is 3.83. The third-order valence-corrected chi connectivity index (χ3v) is 2.48. The Kier molecular flexibility index (Phi) is 5.06. The average molecular weight is 256 g/mol. The van der Waals surface area contributed by atoms with Crippen LogP contribution >= 0.6 is 0 Å². The molecule has 96 valence electrons. The Morgan fingerprint density at radius 3 is 2.63 bits per heavy atom. The van der Waals surface area contributed by atoms with Crippen LogP contribution in [0, 0.1) is 22.7 Å². The maximum Gasteiger partial charge on any atom is 0.324 e. The zero-order valence-electron chi connectivity index (χ0n) is 10.4. The molecule has 0 radical (unpaired) electrons. The minimum atomic E-state index is -0.604. The number of rotatable bonds is 3. The fourth-order valence-corrected chi connectivity index (χ4v) is 1.37. The largest absolute Gasteiger partial charge is 0.334 e. The topological polar surface area (TPSA) is 97.0 Å². The summed E-state index contributed by atoms with van der Waals surface area (Å²) in [5, 5.41) is 19.8. The molecule has 0 aliphatic carbocycles. The van der Waals surface area contributed by atoms with Crippen molar-refractivity contribution in [2.75, 3.05) is 7.05 Å². The molecule has 6 nitrogen and oxygen atoms in total. The van der Waals surface area contributed by atoms with Gasteiger partial charge in [-0.05, 0) is 11.6 Å². The number of hydrogen-bond donors (Lipinski definition) is 1. The molecule has 1 rings (SSSR count). The van der Waals surface area contributed by atoms with Gasteiger partial charge in [-0.25, -0.2) is 4.79 Å². The van der Waals surface area contributed by atoms with Gasteiger partial charge >= 0.3 is 6.03 Å². The number of imide groups is 1. The first kappa shape index (κ1) is 14.2. The van der Waals surface area contributed by atoms with E-state index < -0.39 is 11.9 Å². The van der Waals surface area contributed by atoms with Crippen LogP contribution in [0.25, 0.3) is 0 Å². The van der Waals surface area contributed by atoms with Crippen LogP contribution in [-0.2, 0) is 11.3 Å². The highest BCUT2D eigenvalue weighted by molar-refractivity contribution is 5.94. The summed E-state index contributed by atoms with van der Waals surface area (Å²) in [6, 6.07) is 9.94. The molecule has 1 aromatic carbocycles. The number of benzene rings is 1. The molecule has 19 heavy (non-hydrogen) atoms. The van der Waals surface area contributed by atoms with Crippen LogP contribution in [0.2, 0.25) is 0 Å². The standard InChI is InChI=1S/C13H12N4O2/c1-17(12(18)6-7-14)13(19)16-9-11-5-3-2-4-10(11)8-15/h2-5H,6,9H2,1H3,(H,16,19). The van der Waals surface area contributed by atoms with E-state index in [2.05, 4.69) is 5.32 Å². The van der Waals surface area contributed by atoms with Crippen LogP contribution in [0.4, 0.5) is 4.79 Å². The molecule has 1 N–H and O–H groups in total. The van der Waals surface area contributed by atoms with E-state index in [1.807, 2.05) is 6.07 Å². The van der Waals surface area contributed by atoms with E-state index in [0.717, 1.165) is 4.90 Å². The molecule has 0 heterocycles. The molecular formula is C13H12N4O2. The molecule has 0 fully saturated rings. The zero-order chi connectivity index (χ0) is 14.3. The van der Waals surface area contributed by atoms with Crippen LogP contribution in [0.1, 0.15) is 17.5 Å². The molecule has 0 saturated carbocycles. The van der Waals surface area contributed by atoms with Crippen molar-refractivity contribution in [1.82, 2.24) is 10.2 Å². The lowest BCUT2D eigenvalue weighted by Crippen LogP contribution is -2.40. The van der Waals surface area contributed by atoms with Crippen molar-refractivity contribution < 1.29 is 9.59 Å². The van der Waals surface area contributed by atoms with Crippen LogP contribution in [0.3, 0.4) is 0 Å². The van der Waals surface area contributed by atoms with Gasteiger partial charge in [-0.3, -0.25) is 9.69 Å². The highest BCUT2D eigenvalue weighted by Gasteiger charge is 2.16. The van der Waals surface area contributed by atoms with E-state index in [1.165, 1.54) is 7.05 Å². The first-order chi connectivity index (χ1) is 9.10. The third-order valence-electron chi connectivity index (χ3n) is 2.48. The van der Waals surface area contributed by atoms with E-state index in [9.17, 15) is 9.59 Å². The molecule has 1 aromatic rings. The first-order valence-electron chi connectivity index (χ1n) is 5.49. The van der Waals surface area contributed by atoms with Gasteiger partial charge in [-0.2, -0.15) is 10.5 Å². The van der Waals surface area contributed by atoms with Gasteiger partial charge in [0, 0.05) is 13.6 Å². The van der Waals surface area contributed by atoms with Gasteiger partial charge in [-0.1, -0.05) is 18.2 Å². The number of nitrogens with one attached hydrogen (secondary N) is 1. The fraction of sp³-hybridized carbons (Fsp3) is 0.231. The molecule has 0 unspecified atom stereocenters. The lowest BCUT2D eigenvalue weighted by Gasteiger charge is -2.15. The highest BCUT2D eigenvalue weighted by Crippen LogP contribution is 2.06. The normalized spacial score (nSPS) is 9.00. The Hall–Kier alpha value is -2.86. The van der Waals surface area contributed by atoms with Crippen LogP contribution < -0.4 is 5.32 Å². The Labute approximate surface area is 110 Å². The summed E-state index contributed by atoms with van der Waals surface area (Å²) < 4.78 is 0. The van der Waals surface area contributed by atoms with Crippen molar-refractivity contribution in [2.45, 2.75) is 13.0 Å². The van der Waals surface area contributed by atoms with Gasteiger partial charge in [-0.15, -0.1) is 0 Å². The van der Waals surface area contributed by atoms with Crippen molar-refractivity contribution in [2.24, 2.45) is 0 Å². The lowest BCUT2D eigenvalue weighted by atomic mass is 10.1. The van der Waals surface area contributed by atoms with Gasteiger partial charge in [0.25, 0.3) is 0 Å². The minimum absolute atomic E-state index is 0.146. The Morgan fingerprint density at radius 2 is 2.00 bits per heavy atom. The maximum atomic E-state index is 11.6. The van der Waals surface area contributed by atoms with Crippen LogP contribution in [0.15, 0.2) is 24.3 Å². The summed E-state index contributed by atoms with van der Waals surface area (Å²) in [5.41, 5.74) is 1.13. The number of amides is 3. The van der Waals surface area contributed by atoms with E-state index >= 15 is 0 Å². The van der Waals surface area contributed by atoms with Gasteiger partial charge in [0.1, 0.15) is 6.42 Å². The second-order valence-electron chi connectivity index (χ2n) is 3.72. The molecule has 0 aliphatic heterocycles. The van der Waals surface area contributed by atoms with Gasteiger partial charge in [0.05, 0.1) is 17.7 Å². The van der Waals surface area contributed by atoms with Gasteiger partial charge < -0.3 is 5.32 Å². The Bertz CT molecular complexity index is 569. The predicted molar refractivity (Wildman–Crippen MR) is 66.4 cm³/mol. The minimum Gasteiger partial charge on any atom is -0.334 e. The van der Waals surface area contributed by atoms with Crippen LogP contribution in [-0.4, -0.2) is 23.9 Å². The fourth-order valence-electron chi connectivity index (χ4n) is 1.37.